The molecule has 0 amide bonds. The van der Waals surface area contributed by atoms with E-state index in [1.54, 1.807) is 0 Å². The normalized spacial score (nSPS) is 9.93. The average molecular weight is 212 g/mol. The fourth-order valence-corrected chi connectivity index (χ4v) is 2.24. The monoisotopic (exact) mass is 212 g/mol. The average Bonchev–Trinajstić information content (AvgIpc) is 2.16. The van der Waals surface area contributed by atoms with Crippen LogP contribution in [0, 0.1) is 0 Å². The number of halogens is 1. The molecule has 0 radical (unpaired) electrons. The van der Waals surface area contributed by atoms with Crippen molar-refractivity contribution in [2.45, 2.75) is 74.8 Å². The van der Waals surface area contributed by atoms with Crippen LogP contribution in [0.2, 0.25) is 3.67 Å². The minimum atomic E-state index is 0. The number of hydrogen-bond donors (Lipinski definition) is 0. The molecule has 0 fully saturated rings. The Morgan fingerprint density at radius 2 is 1.00 bits per heavy atom. The second kappa shape index (κ2) is 16.4. The fourth-order valence-electron chi connectivity index (χ4n) is 1.74. The minimum absolute atomic E-state index is 0. The van der Waals surface area contributed by atoms with Crippen LogP contribution in [0.25, 0.3) is 0 Å². The molecule has 0 aliphatic rings. The minimum Gasteiger partial charge on any atom is -0.269 e. The third-order valence-electron chi connectivity index (χ3n) is 2.71. The van der Waals surface area contributed by atoms with E-state index in [4.69, 9.17) is 0 Å². The van der Waals surface area contributed by atoms with Gasteiger partial charge in [-0.05, 0) is 0 Å². The molecule has 0 saturated heterocycles. The van der Waals surface area contributed by atoms with Gasteiger partial charge in [-0.3, -0.25) is 4.70 Å². The standard InChI is InChI=1S/C12H25.FH.Na/c1-3-5-7-9-11-12-10-8-6-4-2;;/h1,3-12H2,2H3;1H;. The first-order valence-corrected chi connectivity index (χ1v) is 7.83. The Labute approximate surface area is 107 Å². The smallest absolute Gasteiger partial charge is 0.269 e. The van der Waals surface area contributed by atoms with Crippen molar-refractivity contribution in [3.63, 3.8) is 0 Å². The molecule has 0 heterocycles. The molecule has 0 nitrogen and oxygen atoms in total. The summed E-state index contributed by atoms with van der Waals surface area (Å²) < 4.78 is 1.51. The van der Waals surface area contributed by atoms with Crippen molar-refractivity contribution < 1.29 is 4.70 Å². The molecule has 2 heteroatoms. The van der Waals surface area contributed by atoms with E-state index in [9.17, 15) is 0 Å². The van der Waals surface area contributed by atoms with E-state index >= 15 is 0 Å². The van der Waals surface area contributed by atoms with Crippen LogP contribution in [0.15, 0.2) is 0 Å². The van der Waals surface area contributed by atoms with E-state index in [-0.39, 0.29) is 4.70 Å². The molecule has 82 valence electrons. The van der Waals surface area contributed by atoms with E-state index in [1.165, 1.54) is 95.8 Å². The zero-order chi connectivity index (χ0) is 9.78. The molecule has 0 aromatic rings. The zero-order valence-corrected chi connectivity index (χ0v) is 12.2. The molecular formula is C12H26FNa. The maximum atomic E-state index is 2.29. The molecule has 0 aromatic carbocycles. The van der Waals surface area contributed by atoms with E-state index in [0.717, 1.165) is 0 Å². The van der Waals surface area contributed by atoms with Gasteiger partial charge in [-0.25, -0.2) is 0 Å². The van der Waals surface area contributed by atoms with Gasteiger partial charge in [0.2, 0.25) is 0 Å². The molecule has 0 aromatic heterocycles. The van der Waals surface area contributed by atoms with Gasteiger partial charge < -0.3 is 0 Å². The van der Waals surface area contributed by atoms with Gasteiger partial charge >= 0.3 is 103 Å². The second-order valence-electron chi connectivity index (χ2n) is 4.18. The molecule has 0 N–H and O–H groups in total. The molecule has 0 rings (SSSR count). The van der Waals surface area contributed by atoms with Gasteiger partial charge in [-0.15, -0.1) is 0 Å². The molecule has 0 aliphatic carbocycles. The predicted octanol–water partition coefficient (Wildman–Crippen LogP) is 4.65. The zero-order valence-electron chi connectivity index (χ0n) is 10.2. The SMILES string of the molecule is CCCCCCCCCCC[CH2][Na].F. The summed E-state index contributed by atoms with van der Waals surface area (Å²) in [5, 5.41) is 0. The fraction of sp³-hybridized carbons (Fsp3) is 1.00. The summed E-state index contributed by atoms with van der Waals surface area (Å²) in [6.45, 7) is 2.29. The van der Waals surface area contributed by atoms with E-state index in [0.29, 0.717) is 0 Å². The van der Waals surface area contributed by atoms with E-state index in [1.807, 2.05) is 0 Å². The topological polar surface area (TPSA) is 0 Å². The van der Waals surface area contributed by atoms with Gasteiger partial charge in [-0.1, -0.05) is 0 Å². The van der Waals surface area contributed by atoms with Gasteiger partial charge in [0.1, 0.15) is 0 Å². The Hall–Kier alpha value is 0.930. The molecule has 0 aliphatic heterocycles. The van der Waals surface area contributed by atoms with Crippen LogP contribution in [0.4, 0.5) is 4.70 Å². The maximum absolute atomic E-state index is 2.29. The third kappa shape index (κ3) is 15.4. The van der Waals surface area contributed by atoms with Gasteiger partial charge in [0.25, 0.3) is 0 Å². The van der Waals surface area contributed by atoms with Crippen LogP contribution in [0.3, 0.4) is 0 Å². The maximum Gasteiger partial charge on any atom is -0.269 e. The third-order valence-corrected chi connectivity index (χ3v) is 3.41. The Bertz CT molecular complexity index is 76.4. The summed E-state index contributed by atoms with van der Waals surface area (Å²) >= 11 is 1.41. The number of rotatable bonds is 10. The van der Waals surface area contributed by atoms with Crippen LogP contribution in [0.1, 0.15) is 71.1 Å². The van der Waals surface area contributed by atoms with Crippen molar-refractivity contribution in [1.29, 1.82) is 0 Å². The Kier molecular flexibility index (Phi) is 20.3. The quantitative estimate of drug-likeness (QED) is 0.365. The predicted molar refractivity (Wildman–Crippen MR) is 64.9 cm³/mol. The molecule has 0 saturated carbocycles. The summed E-state index contributed by atoms with van der Waals surface area (Å²) in [6.07, 6.45) is 14.7. The van der Waals surface area contributed by atoms with Crippen molar-refractivity contribution in [2.75, 3.05) is 0 Å². The Morgan fingerprint density at radius 3 is 1.36 bits per heavy atom. The molecule has 0 spiro atoms. The molecule has 0 bridgehead atoms. The summed E-state index contributed by atoms with van der Waals surface area (Å²) in [7, 11) is 0. The summed E-state index contributed by atoms with van der Waals surface area (Å²) in [6, 6.07) is 0. The first-order chi connectivity index (χ1) is 6.41. The van der Waals surface area contributed by atoms with Crippen LogP contribution in [0.5, 0.6) is 0 Å². The van der Waals surface area contributed by atoms with Gasteiger partial charge in [0.05, 0.1) is 0 Å². The number of hydrogen-bond acceptors (Lipinski definition) is 0. The van der Waals surface area contributed by atoms with Crippen molar-refractivity contribution in [3.05, 3.63) is 0 Å². The molecule has 14 heavy (non-hydrogen) atoms. The van der Waals surface area contributed by atoms with Crippen LogP contribution >= 0.6 is 0 Å². The first-order valence-electron chi connectivity index (χ1n) is 6.41. The van der Waals surface area contributed by atoms with Crippen molar-refractivity contribution >= 4 is 27.9 Å². The van der Waals surface area contributed by atoms with Crippen LogP contribution < -0.4 is 0 Å². The van der Waals surface area contributed by atoms with E-state index < -0.39 is 0 Å². The van der Waals surface area contributed by atoms with Crippen molar-refractivity contribution in [1.82, 2.24) is 0 Å². The first kappa shape index (κ1) is 17.3. The van der Waals surface area contributed by atoms with Crippen molar-refractivity contribution in [3.8, 4) is 0 Å². The Morgan fingerprint density at radius 1 is 0.643 bits per heavy atom. The molecular weight excluding hydrogens is 186 g/mol. The molecule has 0 unspecified atom stereocenters. The van der Waals surface area contributed by atoms with Gasteiger partial charge in [-0.2, -0.15) is 0 Å². The largest absolute Gasteiger partial charge is 0.269 e. The molecule has 0 atom stereocenters. The van der Waals surface area contributed by atoms with Gasteiger partial charge in [0.15, 0.2) is 0 Å². The summed E-state index contributed by atoms with van der Waals surface area (Å²) in [5.41, 5.74) is 0. The van der Waals surface area contributed by atoms with Crippen molar-refractivity contribution in [2.24, 2.45) is 0 Å². The van der Waals surface area contributed by atoms with E-state index in [2.05, 4.69) is 6.92 Å². The van der Waals surface area contributed by atoms with Gasteiger partial charge in [0, 0.05) is 0 Å². The Balaban J connectivity index is 0. The van der Waals surface area contributed by atoms with Crippen LogP contribution in [-0.2, 0) is 0 Å². The van der Waals surface area contributed by atoms with Crippen LogP contribution in [-0.4, -0.2) is 27.9 Å². The summed E-state index contributed by atoms with van der Waals surface area (Å²) in [5.74, 6) is 0. The number of unbranched alkanes of at least 4 members (excludes halogenated alkanes) is 9. The summed E-state index contributed by atoms with van der Waals surface area (Å²) in [4.78, 5) is 0. The second-order valence-corrected chi connectivity index (χ2v) is 5.18.